The van der Waals surface area contributed by atoms with Gasteiger partial charge in [0.15, 0.2) is 0 Å². The topological polar surface area (TPSA) is 76.7 Å². The number of carbonyl (C=O) groups excluding carboxylic acids is 2. The van der Waals surface area contributed by atoms with Crippen LogP contribution in [0.1, 0.15) is 27.0 Å². The third-order valence-electron chi connectivity index (χ3n) is 5.66. The van der Waals surface area contributed by atoms with Crippen molar-refractivity contribution in [1.29, 1.82) is 0 Å². The van der Waals surface area contributed by atoms with Crippen molar-refractivity contribution in [1.82, 2.24) is 5.32 Å². The number of anilines is 1. The lowest BCUT2D eigenvalue weighted by Crippen LogP contribution is -2.37. The molecule has 1 heterocycles. The van der Waals surface area contributed by atoms with E-state index in [4.69, 9.17) is 9.47 Å². The molecule has 2 amide bonds. The predicted molar refractivity (Wildman–Crippen MR) is 123 cm³/mol. The fourth-order valence-corrected chi connectivity index (χ4v) is 3.72. The highest BCUT2D eigenvalue weighted by atomic mass is 16.5. The molecular weight excluding hydrogens is 404 g/mol. The maximum atomic E-state index is 12.7. The van der Waals surface area contributed by atoms with E-state index >= 15 is 0 Å². The Morgan fingerprint density at radius 3 is 2.59 bits per heavy atom. The third-order valence-corrected chi connectivity index (χ3v) is 5.66. The first-order valence-corrected chi connectivity index (χ1v) is 10.6. The molecule has 6 heteroatoms. The maximum absolute atomic E-state index is 12.7. The van der Waals surface area contributed by atoms with Gasteiger partial charge in [-0.15, -0.1) is 0 Å². The van der Waals surface area contributed by atoms with E-state index < -0.39 is 0 Å². The molecule has 32 heavy (non-hydrogen) atoms. The highest BCUT2D eigenvalue weighted by Crippen LogP contribution is 2.30. The molecule has 1 aliphatic heterocycles. The van der Waals surface area contributed by atoms with Gasteiger partial charge < -0.3 is 20.1 Å². The minimum Gasteiger partial charge on any atom is -0.497 e. The van der Waals surface area contributed by atoms with Crippen LogP contribution in [-0.2, 0) is 17.8 Å². The second-order valence-corrected chi connectivity index (χ2v) is 7.86. The van der Waals surface area contributed by atoms with Crippen molar-refractivity contribution in [2.75, 3.05) is 19.0 Å². The number of benzene rings is 3. The molecule has 164 valence electrons. The zero-order chi connectivity index (χ0) is 22.5. The molecule has 0 aromatic heterocycles. The number of fused-ring (bicyclic) bond motifs is 1. The van der Waals surface area contributed by atoms with E-state index in [1.165, 1.54) is 0 Å². The van der Waals surface area contributed by atoms with Gasteiger partial charge in [0.05, 0.1) is 13.0 Å². The van der Waals surface area contributed by atoms with Gasteiger partial charge in [-0.25, -0.2) is 0 Å². The standard InChI is InChI=1S/C26H26N2O4/c1-17-5-3-4-6-19(17)15-27-25(29)21-13-20-14-22(9-12-24(20)32-16-21)28-26(30)18-7-10-23(31-2)11-8-18/h3-12,14,21H,13,15-16H2,1-2H3,(H,27,29)(H,28,30). The first-order valence-electron chi connectivity index (χ1n) is 10.6. The van der Waals surface area contributed by atoms with Gasteiger partial charge >= 0.3 is 0 Å². The van der Waals surface area contributed by atoms with Crippen molar-refractivity contribution >= 4 is 17.5 Å². The molecule has 0 spiro atoms. The molecule has 0 aliphatic carbocycles. The van der Waals surface area contributed by atoms with E-state index in [0.717, 1.165) is 22.4 Å². The number of hydrogen-bond acceptors (Lipinski definition) is 4. The van der Waals surface area contributed by atoms with E-state index in [1.54, 1.807) is 37.4 Å². The van der Waals surface area contributed by atoms with E-state index in [9.17, 15) is 9.59 Å². The minimum atomic E-state index is -0.279. The van der Waals surface area contributed by atoms with Crippen LogP contribution in [0.5, 0.6) is 11.5 Å². The summed E-state index contributed by atoms with van der Waals surface area (Å²) in [5.74, 6) is 0.914. The number of carbonyl (C=O) groups is 2. The Labute approximate surface area is 187 Å². The van der Waals surface area contributed by atoms with Gasteiger partial charge in [-0.2, -0.15) is 0 Å². The van der Waals surface area contributed by atoms with Crippen molar-refractivity contribution in [2.24, 2.45) is 5.92 Å². The van der Waals surface area contributed by atoms with Crippen LogP contribution in [0.15, 0.2) is 66.7 Å². The second kappa shape index (κ2) is 9.56. The number of rotatable bonds is 6. The number of hydrogen-bond donors (Lipinski definition) is 2. The normalized spacial score (nSPS) is 14.6. The van der Waals surface area contributed by atoms with Gasteiger partial charge in [-0.3, -0.25) is 9.59 Å². The van der Waals surface area contributed by atoms with E-state index in [0.29, 0.717) is 36.6 Å². The average Bonchev–Trinajstić information content (AvgIpc) is 2.83. The Kier molecular flexibility index (Phi) is 6.40. The Bertz CT molecular complexity index is 1120. The molecule has 6 nitrogen and oxygen atoms in total. The van der Waals surface area contributed by atoms with E-state index in [-0.39, 0.29) is 17.7 Å². The van der Waals surface area contributed by atoms with Gasteiger partial charge in [0.1, 0.15) is 18.1 Å². The van der Waals surface area contributed by atoms with Crippen molar-refractivity contribution < 1.29 is 19.1 Å². The summed E-state index contributed by atoms with van der Waals surface area (Å²) in [6.45, 7) is 2.86. The quantitative estimate of drug-likeness (QED) is 0.617. The van der Waals surface area contributed by atoms with Crippen LogP contribution in [0, 0.1) is 12.8 Å². The van der Waals surface area contributed by atoms with Gasteiger partial charge in [0.25, 0.3) is 5.91 Å². The molecule has 3 aromatic rings. The lowest BCUT2D eigenvalue weighted by molar-refractivity contribution is -0.126. The molecule has 0 bridgehead atoms. The van der Waals surface area contributed by atoms with Gasteiger partial charge in [0.2, 0.25) is 5.91 Å². The van der Waals surface area contributed by atoms with Crippen LogP contribution in [0.3, 0.4) is 0 Å². The van der Waals surface area contributed by atoms with Crippen LogP contribution < -0.4 is 20.1 Å². The number of aryl methyl sites for hydroxylation is 1. The second-order valence-electron chi connectivity index (χ2n) is 7.86. The molecule has 0 fully saturated rings. The van der Waals surface area contributed by atoms with Crippen LogP contribution in [0.2, 0.25) is 0 Å². The predicted octanol–water partition coefficient (Wildman–Crippen LogP) is 4.12. The van der Waals surface area contributed by atoms with Crippen LogP contribution in [0.25, 0.3) is 0 Å². The molecule has 0 radical (unpaired) electrons. The number of methoxy groups -OCH3 is 1. The molecule has 1 unspecified atom stereocenters. The highest BCUT2D eigenvalue weighted by Gasteiger charge is 2.26. The summed E-state index contributed by atoms with van der Waals surface area (Å²) in [5, 5.41) is 5.93. The lowest BCUT2D eigenvalue weighted by Gasteiger charge is -2.25. The average molecular weight is 431 g/mol. The van der Waals surface area contributed by atoms with Crippen molar-refractivity contribution in [3.63, 3.8) is 0 Å². The number of amides is 2. The van der Waals surface area contributed by atoms with Crippen molar-refractivity contribution in [3.05, 3.63) is 89.0 Å². The molecule has 0 saturated carbocycles. The van der Waals surface area contributed by atoms with Gasteiger partial charge in [-0.05, 0) is 72.5 Å². The summed E-state index contributed by atoms with van der Waals surface area (Å²) in [6, 6.07) is 20.4. The summed E-state index contributed by atoms with van der Waals surface area (Å²) in [4.78, 5) is 25.3. The molecule has 3 aromatic carbocycles. The fourth-order valence-electron chi connectivity index (χ4n) is 3.72. The first kappa shape index (κ1) is 21.4. The van der Waals surface area contributed by atoms with Crippen LogP contribution in [0.4, 0.5) is 5.69 Å². The van der Waals surface area contributed by atoms with E-state index in [1.807, 2.05) is 43.3 Å². The fraction of sp³-hybridized carbons (Fsp3) is 0.231. The Hall–Kier alpha value is -3.80. The molecule has 1 aliphatic rings. The Morgan fingerprint density at radius 1 is 1.06 bits per heavy atom. The monoisotopic (exact) mass is 430 g/mol. The summed E-state index contributed by atoms with van der Waals surface area (Å²) >= 11 is 0. The maximum Gasteiger partial charge on any atom is 0.255 e. The molecular formula is C26H26N2O4. The highest BCUT2D eigenvalue weighted by molar-refractivity contribution is 6.04. The lowest BCUT2D eigenvalue weighted by atomic mass is 9.95. The SMILES string of the molecule is COc1ccc(C(=O)Nc2ccc3c(c2)CC(C(=O)NCc2ccccc2C)CO3)cc1. The summed E-state index contributed by atoms with van der Waals surface area (Å²) < 4.78 is 10.9. The molecule has 0 saturated heterocycles. The Morgan fingerprint density at radius 2 is 1.84 bits per heavy atom. The third kappa shape index (κ3) is 4.91. The van der Waals surface area contributed by atoms with Gasteiger partial charge in [-0.1, -0.05) is 24.3 Å². The van der Waals surface area contributed by atoms with Crippen molar-refractivity contribution in [2.45, 2.75) is 19.9 Å². The zero-order valence-electron chi connectivity index (χ0n) is 18.2. The van der Waals surface area contributed by atoms with Crippen LogP contribution in [-0.4, -0.2) is 25.5 Å². The Balaban J connectivity index is 1.39. The number of nitrogens with one attached hydrogen (secondary N) is 2. The van der Waals surface area contributed by atoms with Crippen molar-refractivity contribution in [3.8, 4) is 11.5 Å². The summed E-state index contributed by atoms with van der Waals surface area (Å²) in [6.07, 6.45) is 0.557. The smallest absolute Gasteiger partial charge is 0.255 e. The number of ether oxygens (including phenoxy) is 2. The zero-order valence-corrected chi connectivity index (χ0v) is 18.2. The molecule has 2 N–H and O–H groups in total. The van der Waals surface area contributed by atoms with Crippen LogP contribution >= 0.6 is 0 Å². The minimum absolute atomic E-state index is 0.0356. The summed E-state index contributed by atoms with van der Waals surface area (Å²) in [7, 11) is 1.58. The molecule has 4 rings (SSSR count). The van der Waals surface area contributed by atoms with E-state index in [2.05, 4.69) is 10.6 Å². The first-order chi connectivity index (χ1) is 15.5. The summed E-state index contributed by atoms with van der Waals surface area (Å²) in [5.41, 5.74) is 4.35. The largest absolute Gasteiger partial charge is 0.497 e. The van der Waals surface area contributed by atoms with Gasteiger partial charge in [0, 0.05) is 17.8 Å². The molecule has 1 atom stereocenters.